The predicted octanol–water partition coefficient (Wildman–Crippen LogP) is 21.4. The van der Waals surface area contributed by atoms with E-state index in [0.717, 1.165) is 77.2 Å². The van der Waals surface area contributed by atoms with Crippen LogP contribution in [0.25, 0.3) is 190 Å². The minimum Gasteiger partial charge on any atom is -0.309 e. The van der Waals surface area contributed by atoms with Crippen molar-refractivity contribution in [3.05, 3.63) is 352 Å². The van der Waals surface area contributed by atoms with E-state index in [0.29, 0.717) is 58.0 Å². The maximum Gasteiger partial charge on any atom is 0.238 e. The van der Waals surface area contributed by atoms with Gasteiger partial charge in [-0.3, -0.25) is 29.1 Å². The largest absolute Gasteiger partial charge is 0.309 e. The molecule has 0 amide bonds. The molecule has 0 saturated carbocycles. The molecule has 0 fully saturated rings. The van der Waals surface area contributed by atoms with Crippen LogP contribution in [-0.2, 0) is 0 Å². The van der Waals surface area contributed by atoms with Gasteiger partial charge >= 0.3 is 0 Å². The summed E-state index contributed by atoms with van der Waals surface area (Å²) in [7, 11) is 0. The van der Waals surface area contributed by atoms with Gasteiger partial charge in [0.05, 0.1) is 44.1 Å². The van der Waals surface area contributed by atoms with E-state index in [1.807, 2.05) is 72.8 Å². The zero-order valence-corrected chi connectivity index (χ0v) is 56.7. The molecule has 0 unspecified atom stereocenters. The lowest BCUT2D eigenvalue weighted by Crippen LogP contribution is -2.07. The van der Waals surface area contributed by atoms with Gasteiger partial charge in [0.1, 0.15) is 22.8 Å². The van der Waals surface area contributed by atoms with Crippen molar-refractivity contribution in [2.45, 2.75) is 0 Å². The summed E-state index contributed by atoms with van der Waals surface area (Å²) in [6.07, 6.45) is 7.00. The molecule has 0 radical (unpaired) electrons. The standard InChI is InChI=1S/C49H31N7.C43H27N7/c1-2-12-32(13-3-1)33-20-24-36(25-21-33)55-43-18-6-4-14-37(43)39-30-34(22-26-45(39)55)35-23-27-46-40(31-35)38-15-5-7-19-44(38)56(46)49-53-47(41-16-8-10-28-50-41)52-48(54-49)42-17-9-11-29-51-42;1-2-12-30(13-3-1)49-37-18-6-4-14-31(37)33-26-28(20-22-39(33)49)29-21-23-40-34(27-29)32-15-5-7-19-38(32)50(40)43-47-41(35-16-8-10-24-44-35)46-42(48-43)36-17-9-11-25-45-36/h1-31H;1-27H. The Balaban J connectivity index is 0.000000141. The Bertz CT molecular complexity index is 6800. The number of aromatic nitrogens is 14. The van der Waals surface area contributed by atoms with Gasteiger partial charge in [0, 0.05) is 79.3 Å². The van der Waals surface area contributed by atoms with Gasteiger partial charge in [0.15, 0.2) is 23.3 Å². The van der Waals surface area contributed by atoms with Gasteiger partial charge in [-0.05, 0) is 179 Å². The number of nitrogens with zero attached hydrogens (tertiary/aromatic N) is 14. The molecule has 0 saturated heterocycles. The van der Waals surface area contributed by atoms with Crippen molar-refractivity contribution in [1.82, 2.24) is 68.1 Å². The number of para-hydroxylation sites is 5. The number of pyridine rings is 4. The van der Waals surface area contributed by atoms with Crippen LogP contribution in [0, 0.1) is 0 Å². The second kappa shape index (κ2) is 25.7. The lowest BCUT2D eigenvalue weighted by atomic mass is 10.0. The highest BCUT2D eigenvalue weighted by Gasteiger charge is 2.23. The quantitative estimate of drug-likeness (QED) is 0.122. The average molecular weight is 1360 g/mol. The first-order valence-corrected chi connectivity index (χ1v) is 35.1. The van der Waals surface area contributed by atoms with Crippen LogP contribution in [0.3, 0.4) is 0 Å². The van der Waals surface area contributed by atoms with Gasteiger partial charge in [-0.15, -0.1) is 0 Å². The number of rotatable bonds is 11. The summed E-state index contributed by atoms with van der Waals surface area (Å²) in [6.45, 7) is 0. The monoisotopic (exact) mass is 1360 g/mol. The van der Waals surface area contributed by atoms with Crippen LogP contribution in [0.4, 0.5) is 0 Å². The molecule has 0 aliphatic carbocycles. The van der Waals surface area contributed by atoms with E-state index < -0.39 is 0 Å². The molecular weight excluding hydrogens is 1300 g/mol. The highest BCUT2D eigenvalue weighted by atomic mass is 15.2. The summed E-state index contributed by atoms with van der Waals surface area (Å²) in [5.74, 6) is 2.96. The van der Waals surface area contributed by atoms with Gasteiger partial charge in [-0.25, -0.2) is 9.97 Å². The Morgan fingerprint density at radius 1 is 0.170 bits per heavy atom. The summed E-state index contributed by atoms with van der Waals surface area (Å²) in [4.78, 5) is 47.9. The van der Waals surface area contributed by atoms with E-state index in [2.05, 4.69) is 293 Å². The molecule has 0 aliphatic rings. The summed E-state index contributed by atoms with van der Waals surface area (Å²) >= 11 is 0. The average Bonchev–Trinajstić information content (AvgIpc) is 1.59. The number of fused-ring (bicyclic) bond motifs is 12. The third-order valence-corrected chi connectivity index (χ3v) is 19.8. The number of hydrogen-bond acceptors (Lipinski definition) is 10. The minimum absolute atomic E-state index is 0.485. The van der Waals surface area contributed by atoms with Crippen LogP contribution in [0.2, 0.25) is 0 Å². The Labute approximate surface area is 606 Å². The Hall–Kier alpha value is -14.8. The third-order valence-electron chi connectivity index (χ3n) is 19.8. The summed E-state index contributed by atoms with van der Waals surface area (Å²) < 4.78 is 8.95. The lowest BCUT2D eigenvalue weighted by molar-refractivity contribution is 0.943. The number of benzene rings is 11. The normalized spacial score (nSPS) is 11.6. The van der Waals surface area contributed by atoms with E-state index in [1.165, 1.54) is 54.7 Å². The fraction of sp³-hybridized carbons (Fsp3) is 0. The van der Waals surface area contributed by atoms with Crippen LogP contribution in [0.1, 0.15) is 0 Å². The van der Waals surface area contributed by atoms with E-state index in [-0.39, 0.29) is 0 Å². The van der Waals surface area contributed by atoms with Crippen LogP contribution in [-0.4, -0.2) is 68.1 Å². The van der Waals surface area contributed by atoms with Crippen LogP contribution >= 0.6 is 0 Å². The molecule has 0 atom stereocenters. The first kappa shape index (κ1) is 61.1. The fourth-order valence-corrected chi connectivity index (χ4v) is 15.0. The van der Waals surface area contributed by atoms with Crippen LogP contribution < -0.4 is 0 Å². The van der Waals surface area contributed by atoms with E-state index in [9.17, 15) is 0 Å². The SMILES string of the molecule is c1ccc(-c2ccc(-n3c4ccccc4c4cc(-c5ccc6c(c5)c5ccccc5n6-c5nc(-c6ccccn6)nc(-c6ccccn6)n5)ccc43)cc2)cc1.c1ccc(-n2c3ccccc3c3cc(-c4ccc5c(c4)c4ccccc4n5-c4nc(-c5ccccn5)nc(-c5ccccn5)n4)ccc32)cc1. The third kappa shape index (κ3) is 10.7. The molecule has 0 N–H and O–H groups in total. The van der Waals surface area contributed by atoms with Crippen molar-refractivity contribution in [3.8, 4) is 103 Å². The maximum absolute atomic E-state index is 5.01. The summed E-state index contributed by atoms with van der Waals surface area (Å²) in [5.41, 5.74) is 20.7. The van der Waals surface area contributed by atoms with E-state index >= 15 is 0 Å². The Morgan fingerprint density at radius 3 is 0.755 bits per heavy atom. The van der Waals surface area contributed by atoms with E-state index in [4.69, 9.17) is 29.9 Å². The highest BCUT2D eigenvalue weighted by Crippen LogP contribution is 2.42. The molecule has 21 rings (SSSR count). The lowest BCUT2D eigenvalue weighted by Gasteiger charge is -2.11. The van der Waals surface area contributed by atoms with E-state index in [1.54, 1.807) is 24.8 Å². The first-order valence-electron chi connectivity index (χ1n) is 35.1. The zero-order chi connectivity index (χ0) is 70.0. The molecule has 10 heterocycles. The second-order valence-corrected chi connectivity index (χ2v) is 26.0. The zero-order valence-electron chi connectivity index (χ0n) is 56.7. The molecule has 0 aliphatic heterocycles. The number of hydrogen-bond donors (Lipinski definition) is 0. The van der Waals surface area contributed by atoms with Crippen molar-refractivity contribution in [3.63, 3.8) is 0 Å². The molecule has 14 nitrogen and oxygen atoms in total. The Kier molecular flexibility index (Phi) is 14.8. The molecule has 11 aromatic carbocycles. The maximum atomic E-state index is 5.01. The van der Waals surface area contributed by atoms with Crippen molar-refractivity contribution >= 4 is 87.2 Å². The smallest absolute Gasteiger partial charge is 0.238 e. The molecular formula is C92H58N14. The first-order chi connectivity index (χ1) is 52.6. The van der Waals surface area contributed by atoms with Crippen molar-refractivity contribution in [1.29, 1.82) is 0 Å². The van der Waals surface area contributed by atoms with Crippen LogP contribution in [0.15, 0.2) is 352 Å². The Morgan fingerprint density at radius 2 is 0.425 bits per heavy atom. The van der Waals surface area contributed by atoms with Gasteiger partial charge in [0.25, 0.3) is 0 Å². The second-order valence-electron chi connectivity index (χ2n) is 26.0. The molecule has 0 bridgehead atoms. The topological polar surface area (TPSA) is 149 Å². The summed E-state index contributed by atoms with van der Waals surface area (Å²) in [5, 5.41) is 9.33. The van der Waals surface area contributed by atoms with Crippen LogP contribution in [0.5, 0.6) is 0 Å². The van der Waals surface area contributed by atoms with Crippen molar-refractivity contribution < 1.29 is 0 Å². The van der Waals surface area contributed by atoms with Gasteiger partial charge in [0.2, 0.25) is 11.9 Å². The molecule has 10 aromatic heterocycles. The highest BCUT2D eigenvalue weighted by molar-refractivity contribution is 6.15. The van der Waals surface area contributed by atoms with Gasteiger partial charge in [-0.2, -0.15) is 19.9 Å². The minimum atomic E-state index is 0.485. The molecule has 14 heteroatoms. The predicted molar refractivity (Wildman–Crippen MR) is 426 cm³/mol. The van der Waals surface area contributed by atoms with Crippen molar-refractivity contribution in [2.75, 3.05) is 0 Å². The molecule has 21 aromatic rings. The molecule has 496 valence electrons. The van der Waals surface area contributed by atoms with Gasteiger partial charge in [-0.1, -0.05) is 182 Å². The summed E-state index contributed by atoms with van der Waals surface area (Å²) in [6, 6.07) is 114. The van der Waals surface area contributed by atoms with Crippen molar-refractivity contribution in [2.24, 2.45) is 0 Å². The fourth-order valence-electron chi connectivity index (χ4n) is 15.0. The van der Waals surface area contributed by atoms with Gasteiger partial charge < -0.3 is 9.13 Å². The molecule has 0 spiro atoms. The molecule has 106 heavy (non-hydrogen) atoms.